The molecule has 0 unspecified atom stereocenters. The second kappa shape index (κ2) is 5.48. The molecule has 8 heteroatoms. The fourth-order valence-electron chi connectivity index (χ4n) is 1.30. The largest absolute Gasteiger partial charge is 0.398 e. The van der Waals surface area contributed by atoms with Crippen LogP contribution in [0.25, 0.3) is 0 Å². The van der Waals surface area contributed by atoms with Gasteiger partial charge in [-0.2, -0.15) is 0 Å². The van der Waals surface area contributed by atoms with Crippen molar-refractivity contribution in [2.24, 2.45) is 10.3 Å². The highest BCUT2D eigenvalue weighted by molar-refractivity contribution is 6.65. The van der Waals surface area contributed by atoms with Crippen LogP contribution in [0.5, 0.6) is 0 Å². The molecule has 0 spiro atoms. The van der Waals surface area contributed by atoms with Gasteiger partial charge in [-0.05, 0) is 13.8 Å². The van der Waals surface area contributed by atoms with Crippen LogP contribution in [0.15, 0.2) is 10.3 Å². The molecule has 0 aromatic carbocycles. The summed E-state index contributed by atoms with van der Waals surface area (Å²) in [6.45, 7) is 3.66. The van der Waals surface area contributed by atoms with Gasteiger partial charge in [-0.3, -0.25) is 9.59 Å². The Morgan fingerprint density at radius 2 is 2.11 bits per heavy atom. The summed E-state index contributed by atoms with van der Waals surface area (Å²) in [6, 6.07) is 0. The van der Waals surface area contributed by atoms with Crippen LogP contribution in [0.3, 0.4) is 0 Å². The first-order valence-corrected chi connectivity index (χ1v) is 5.29. The SMILES string of the molecule is CNC(=O)/C(=N\OC)C(=O)NC1=NOC(C)(C)C1. The fraction of sp³-hybridized carbons (Fsp3) is 0.600. The van der Waals surface area contributed by atoms with E-state index in [2.05, 4.69) is 25.8 Å². The molecule has 2 amide bonds. The number of nitrogens with zero attached hydrogens (tertiary/aromatic N) is 2. The van der Waals surface area contributed by atoms with Gasteiger partial charge in [0.2, 0.25) is 5.71 Å². The van der Waals surface area contributed by atoms with E-state index in [9.17, 15) is 9.59 Å². The summed E-state index contributed by atoms with van der Waals surface area (Å²) in [5.74, 6) is -0.998. The van der Waals surface area contributed by atoms with Crippen molar-refractivity contribution in [2.75, 3.05) is 14.2 Å². The maximum absolute atomic E-state index is 11.8. The molecule has 0 radical (unpaired) electrons. The van der Waals surface area contributed by atoms with Crippen LogP contribution >= 0.6 is 0 Å². The molecule has 0 bridgehead atoms. The van der Waals surface area contributed by atoms with Gasteiger partial charge in [-0.1, -0.05) is 10.3 Å². The van der Waals surface area contributed by atoms with Crippen molar-refractivity contribution < 1.29 is 19.3 Å². The molecule has 0 aromatic heterocycles. The van der Waals surface area contributed by atoms with Crippen molar-refractivity contribution in [1.82, 2.24) is 10.6 Å². The third-order valence-electron chi connectivity index (χ3n) is 2.09. The normalized spacial score (nSPS) is 17.6. The van der Waals surface area contributed by atoms with Crippen molar-refractivity contribution in [2.45, 2.75) is 25.9 Å². The number of oxime groups is 2. The fourth-order valence-corrected chi connectivity index (χ4v) is 1.30. The monoisotopic (exact) mass is 256 g/mol. The second-order valence-electron chi connectivity index (χ2n) is 4.22. The third kappa shape index (κ3) is 3.44. The van der Waals surface area contributed by atoms with E-state index in [4.69, 9.17) is 4.84 Å². The predicted octanol–water partition coefficient (Wildman–Crippen LogP) is -0.637. The lowest BCUT2D eigenvalue weighted by molar-refractivity contribution is -0.118. The van der Waals surface area contributed by atoms with Gasteiger partial charge in [0.1, 0.15) is 12.7 Å². The molecule has 0 aliphatic carbocycles. The van der Waals surface area contributed by atoms with Crippen LogP contribution in [-0.2, 0) is 19.3 Å². The van der Waals surface area contributed by atoms with Gasteiger partial charge in [0.05, 0.1) is 6.42 Å². The van der Waals surface area contributed by atoms with Gasteiger partial charge < -0.3 is 20.3 Å². The summed E-state index contributed by atoms with van der Waals surface area (Å²) in [6.07, 6.45) is 0.437. The van der Waals surface area contributed by atoms with Gasteiger partial charge in [0.25, 0.3) is 11.8 Å². The zero-order valence-electron chi connectivity index (χ0n) is 10.7. The van der Waals surface area contributed by atoms with Gasteiger partial charge in [-0.15, -0.1) is 0 Å². The molecule has 2 N–H and O–H groups in total. The Labute approximate surface area is 104 Å². The Hall–Kier alpha value is -2.12. The minimum Gasteiger partial charge on any atom is -0.398 e. The van der Waals surface area contributed by atoms with Crippen LogP contribution in [0.1, 0.15) is 20.3 Å². The molecule has 8 nitrogen and oxygen atoms in total. The van der Waals surface area contributed by atoms with Crippen LogP contribution in [0.4, 0.5) is 0 Å². The number of carbonyl (C=O) groups is 2. The number of hydrogen-bond acceptors (Lipinski definition) is 6. The average Bonchev–Trinajstić information content (AvgIpc) is 2.64. The standard InChI is InChI=1S/C10H16N4O4/c1-10(2)5-6(13-18-10)12-9(16)7(14-17-4)8(15)11-3/h5H2,1-4H3,(H,11,15)(H,12,13,16)/b14-7+. The first kappa shape index (κ1) is 13.9. The van der Waals surface area contributed by atoms with Crippen molar-refractivity contribution in [3.05, 3.63) is 0 Å². The van der Waals surface area contributed by atoms with Crippen LogP contribution < -0.4 is 10.6 Å². The molecule has 1 heterocycles. The zero-order valence-corrected chi connectivity index (χ0v) is 10.7. The molecular weight excluding hydrogens is 240 g/mol. The number of carbonyl (C=O) groups excluding carboxylic acids is 2. The van der Waals surface area contributed by atoms with E-state index in [1.807, 2.05) is 13.8 Å². The number of hydrogen-bond donors (Lipinski definition) is 2. The van der Waals surface area contributed by atoms with Gasteiger partial charge in [0.15, 0.2) is 5.84 Å². The number of nitrogens with one attached hydrogen (secondary N) is 2. The van der Waals surface area contributed by atoms with E-state index in [0.29, 0.717) is 12.3 Å². The van der Waals surface area contributed by atoms with Crippen LogP contribution in [0, 0.1) is 0 Å². The molecule has 1 aliphatic heterocycles. The molecule has 0 saturated carbocycles. The first-order chi connectivity index (χ1) is 8.39. The Morgan fingerprint density at radius 3 is 2.56 bits per heavy atom. The zero-order chi connectivity index (χ0) is 13.8. The lowest BCUT2D eigenvalue weighted by atomic mass is 10.1. The highest BCUT2D eigenvalue weighted by Gasteiger charge is 2.31. The third-order valence-corrected chi connectivity index (χ3v) is 2.09. The summed E-state index contributed by atoms with van der Waals surface area (Å²) < 4.78 is 0. The van der Waals surface area contributed by atoms with E-state index in [0.717, 1.165) is 0 Å². The van der Waals surface area contributed by atoms with E-state index < -0.39 is 17.4 Å². The quantitative estimate of drug-likeness (QED) is 0.398. The maximum atomic E-state index is 11.8. The molecule has 0 fully saturated rings. The van der Waals surface area contributed by atoms with Gasteiger partial charge in [0, 0.05) is 7.05 Å². The van der Waals surface area contributed by atoms with E-state index in [-0.39, 0.29) is 5.71 Å². The summed E-state index contributed by atoms with van der Waals surface area (Å²) in [5.41, 5.74) is -0.846. The minimum atomic E-state index is -0.698. The lowest BCUT2D eigenvalue weighted by Gasteiger charge is -2.13. The van der Waals surface area contributed by atoms with Crippen molar-refractivity contribution in [3.8, 4) is 0 Å². The molecule has 0 saturated heterocycles. The van der Waals surface area contributed by atoms with Crippen LogP contribution in [0.2, 0.25) is 0 Å². The maximum Gasteiger partial charge on any atom is 0.284 e. The van der Waals surface area contributed by atoms with Gasteiger partial charge >= 0.3 is 0 Å². The predicted molar refractivity (Wildman–Crippen MR) is 63.9 cm³/mol. The minimum absolute atomic E-state index is 0.345. The Balaban J connectivity index is 2.70. The average molecular weight is 256 g/mol. The first-order valence-electron chi connectivity index (χ1n) is 5.29. The topological polar surface area (TPSA) is 101 Å². The van der Waals surface area contributed by atoms with E-state index in [1.165, 1.54) is 14.2 Å². The summed E-state index contributed by atoms with van der Waals surface area (Å²) in [5, 5.41) is 11.8. The molecule has 0 atom stereocenters. The Bertz CT molecular complexity index is 414. The molecule has 1 aliphatic rings. The molecule has 18 heavy (non-hydrogen) atoms. The van der Waals surface area contributed by atoms with Gasteiger partial charge in [-0.25, -0.2) is 0 Å². The second-order valence-corrected chi connectivity index (χ2v) is 4.22. The van der Waals surface area contributed by atoms with Crippen molar-refractivity contribution in [3.63, 3.8) is 0 Å². The summed E-state index contributed by atoms with van der Waals surface area (Å²) in [4.78, 5) is 32.7. The van der Waals surface area contributed by atoms with Crippen LogP contribution in [-0.4, -0.2) is 43.1 Å². The molecule has 100 valence electrons. The smallest absolute Gasteiger partial charge is 0.284 e. The molecule has 1 rings (SSSR count). The summed E-state index contributed by atoms with van der Waals surface area (Å²) >= 11 is 0. The van der Waals surface area contributed by atoms with E-state index in [1.54, 1.807) is 0 Å². The Kier molecular flexibility index (Phi) is 4.24. The number of amidine groups is 1. The molecular formula is C10H16N4O4. The van der Waals surface area contributed by atoms with Crippen molar-refractivity contribution in [1.29, 1.82) is 0 Å². The number of amides is 2. The highest BCUT2D eigenvalue weighted by Crippen LogP contribution is 2.20. The molecule has 0 aromatic rings. The highest BCUT2D eigenvalue weighted by atomic mass is 16.7. The Morgan fingerprint density at radius 1 is 1.44 bits per heavy atom. The number of rotatable bonds is 3. The van der Waals surface area contributed by atoms with Crippen molar-refractivity contribution >= 4 is 23.4 Å². The summed E-state index contributed by atoms with van der Waals surface area (Å²) in [7, 11) is 2.63. The lowest BCUT2D eigenvalue weighted by Crippen LogP contribution is -2.43. The van der Waals surface area contributed by atoms with E-state index >= 15 is 0 Å².